The summed E-state index contributed by atoms with van der Waals surface area (Å²) in [5.74, 6) is 0. The van der Waals surface area contributed by atoms with Gasteiger partial charge in [-0.15, -0.1) is 11.3 Å². The highest BCUT2D eigenvalue weighted by Gasteiger charge is 2.21. The van der Waals surface area contributed by atoms with Crippen LogP contribution in [0, 0.1) is 0 Å². The van der Waals surface area contributed by atoms with Crippen LogP contribution in [0.1, 0.15) is 0 Å². The lowest BCUT2D eigenvalue weighted by atomic mass is 9.90. The Hall–Kier alpha value is -6.94. The van der Waals surface area contributed by atoms with Crippen molar-refractivity contribution >= 4 is 81.3 Å². The van der Waals surface area contributed by atoms with Gasteiger partial charge in [0.2, 0.25) is 0 Å². The van der Waals surface area contributed by atoms with E-state index in [0.29, 0.717) is 0 Å². The lowest BCUT2D eigenvalue weighted by Gasteiger charge is -2.28. The molecule has 0 unspecified atom stereocenters. The zero-order valence-corrected chi connectivity index (χ0v) is 30.6. The number of benzene rings is 9. The number of fused-ring (bicyclic) bond motifs is 7. The Morgan fingerprint density at radius 1 is 0.364 bits per heavy atom. The number of nitrogens with zero attached hydrogens (tertiary/aromatic N) is 1. The highest BCUT2D eigenvalue weighted by atomic mass is 32.1. The van der Waals surface area contributed by atoms with Crippen LogP contribution in [-0.4, -0.2) is 0 Å². The predicted octanol–water partition coefficient (Wildman–Crippen LogP) is 15.6. The molecule has 0 atom stereocenters. The molecule has 0 saturated carbocycles. The molecule has 11 aromatic rings. The summed E-state index contributed by atoms with van der Waals surface area (Å²) in [6, 6.07) is 72.2. The number of hydrogen-bond donors (Lipinski definition) is 0. The average Bonchev–Trinajstić information content (AvgIpc) is 3.82. The zero-order chi connectivity index (χ0) is 36.3. The second-order valence-electron chi connectivity index (χ2n) is 14.0. The highest BCUT2D eigenvalue weighted by molar-refractivity contribution is 7.25. The van der Waals surface area contributed by atoms with E-state index in [9.17, 15) is 0 Å². The molecular weight excluding hydrogens is 687 g/mol. The molecule has 0 amide bonds. The highest BCUT2D eigenvalue weighted by Crippen LogP contribution is 2.46. The normalized spacial score (nSPS) is 11.6. The first-order valence-corrected chi connectivity index (χ1v) is 19.5. The van der Waals surface area contributed by atoms with E-state index >= 15 is 0 Å². The Kier molecular flexibility index (Phi) is 7.39. The number of hydrogen-bond acceptors (Lipinski definition) is 3. The van der Waals surface area contributed by atoms with Crippen molar-refractivity contribution in [2.75, 3.05) is 4.90 Å². The van der Waals surface area contributed by atoms with Gasteiger partial charge < -0.3 is 9.32 Å². The average molecular weight is 720 g/mol. The van der Waals surface area contributed by atoms with E-state index in [-0.39, 0.29) is 0 Å². The van der Waals surface area contributed by atoms with E-state index in [1.165, 1.54) is 58.8 Å². The van der Waals surface area contributed by atoms with Gasteiger partial charge in [-0.3, -0.25) is 0 Å². The van der Waals surface area contributed by atoms with Crippen molar-refractivity contribution in [1.82, 2.24) is 0 Å². The topological polar surface area (TPSA) is 16.4 Å². The molecule has 2 aromatic heterocycles. The summed E-state index contributed by atoms with van der Waals surface area (Å²) in [7, 11) is 0. The Morgan fingerprint density at radius 3 is 1.82 bits per heavy atom. The van der Waals surface area contributed by atoms with Gasteiger partial charge in [0.1, 0.15) is 11.2 Å². The monoisotopic (exact) mass is 719 g/mol. The lowest BCUT2D eigenvalue weighted by molar-refractivity contribution is 0.669. The van der Waals surface area contributed by atoms with Crippen LogP contribution in [-0.2, 0) is 0 Å². The van der Waals surface area contributed by atoms with E-state index in [4.69, 9.17) is 4.42 Å². The fourth-order valence-corrected chi connectivity index (χ4v) is 9.54. The number of thiophene rings is 1. The van der Waals surface area contributed by atoms with Crippen LogP contribution in [0.3, 0.4) is 0 Å². The molecule has 0 radical (unpaired) electrons. The minimum absolute atomic E-state index is 0.866. The van der Waals surface area contributed by atoms with Gasteiger partial charge in [-0.1, -0.05) is 146 Å². The maximum atomic E-state index is 6.47. The van der Waals surface area contributed by atoms with Crippen molar-refractivity contribution in [2.24, 2.45) is 0 Å². The van der Waals surface area contributed by atoms with Crippen molar-refractivity contribution in [3.05, 3.63) is 200 Å². The van der Waals surface area contributed by atoms with Gasteiger partial charge in [0.05, 0.1) is 5.69 Å². The fourth-order valence-electron chi connectivity index (χ4n) is 8.41. The molecule has 0 aliphatic heterocycles. The summed E-state index contributed by atoms with van der Waals surface area (Å²) in [6.07, 6.45) is 0. The molecule has 9 aromatic carbocycles. The van der Waals surface area contributed by atoms with Crippen molar-refractivity contribution < 1.29 is 4.42 Å². The second-order valence-corrected chi connectivity index (χ2v) is 15.1. The Labute approximate surface area is 322 Å². The summed E-state index contributed by atoms with van der Waals surface area (Å²) in [4.78, 5) is 2.39. The summed E-state index contributed by atoms with van der Waals surface area (Å²) < 4.78 is 9.09. The molecule has 258 valence electrons. The maximum absolute atomic E-state index is 6.47. The SMILES string of the molecule is c1ccc(-c2cccc3cccc(-c4ccccc4N(c4ccc(-c5cccc6sc7ccccc7c56)cc4)c4ccc5c(c4)oc4ccccc45)c23)cc1. The van der Waals surface area contributed by atoms with E-state index in [1.807, 2.05) is 23.5 Å². The summed E-state index contributed by atoms with van der Waals surface area (Å²) in [5.41, 5.74) is 12.2. The molecule has 2 nitrogen and oxygen atoms in total. The van der Waals surface area contributed by atoms with Crippen LogP contribution >= 0.6 is 11.3 Å². The van der Waals surface area contributed by atoms with Crippen molar-refractivity contribution in [1.29, 1.82) is 0 Å². The van der Waals surface area contributed by atoms with Gasteiger partial charge in [0.15, 0.2) is 0 Å². The molecule has 0 spiro atoms. The van der Waals surface area contributed by atoms with E-state index < -0.39 is 0 Å². The predicted molar refractivity (Wildman–Crippen MR) is 235 cm³/mol. The third-order valence-corrected chi connectivity index (χ3v) is 12.0. The van der Waals surface area contributed by atoms with Crippen molar-refractivity contribution in [2.45, 2.75) is 0 Å². The van der Waals surface area contributed by atoms with Crippen LogP contribution in [0.15, 0.2) is 205 Å². The van der Waals surface area contributed by atoms with Crippen LogP contribution in [0.4, 0.5) is 17.1 Å². The van der Waals surface area contributed by atoms with Crippen LogP contribution in [0.2, 0.25) is 0 Å². The first kappa shape index (κ1) is 31.6. The summed E-state index contributed by atoms with van der Waals surface area (Å²) in [5, 5.41) is 7.31. The molecule has 3 heteroatoms. The third-order valence-electron chi connectivity index (χ3n) is 10.9. The summed E-state index contributed by atoms with van der Waals surface area (Å²) in [6.45, 7) is 0. The van der Waals surface area contributed by atoms with Gasteiger partial charge in [-0.25, -0.2) is 0 Å². The van der Waals surface area contributed by atoms with E-state index in [0.717, 1.165) is 44.6 Å². The Balaban J connectivity index is 1.12. The minimum Gasteiger partial charge on any atom is -0.456 e. The quantitative estimate of drug-likeness (QED) is 0.170. The maximum Gasteiger partial charge on any atom is 0.137 e. The van der Waals surface area contributed by atoms with Gasteiger partial charge >= 0.3 is 0 Å². The molecule has 0 N–H and O–H groups in total. The smallest absolute Gasteiger partial charge is 0.137 e. The zero-order valence-electron chi connectivity index (χ0n) is 29.8. The van der Waals surface area contributed by atoms with Crippen molar-refractivity contribution in [3.63, 3.8) is 0 Å². The van der Waals surface area contributed by atoms with E-state index in [2.05, 4.69) is 193 Å². The molecule has 0 aliphatic rings. The number of rotatable bonds is 6. The molecular formula is C52H33NOS. The molecule has 0 fully saturated rings. The lowest BCUT2D eigenvalue weighted by Crippen LogP contribution is -2.11. The molecule has 0 saturated heterocycles. The van der Waals surface area contributed by atoms with Gasteiger partial charge in [-0.2, -0.15) is 0 Å². The Morgan fingerprint density at radius 2 is 0.964 bits per heavy atom. The van der Waals surface area contributed by atoms with E-state index in [1.54, 1.807) is 0 Å². The number of furan rings is 1. The number of para-hydroxylation sites is 2. The van der Waals surface area contributed by atoms with Crippen molar-refractivity contribution in [3.8, 4) is 33.4 Å². The fraction of sp³-hybridized carbons (Fsp3) is 0. The van der Waals surface area contributed by atoms with Gasteiger partial charge in [0, 0.05) is 53.9 Å². The molecule has 0 bridgehead atoms. The first-order valence-electron chi connectivity index (χ1n) is 18.7. The molecule has 2 heterocycles. The summed E-state index contributed by atoms with van der Waals surface area (Å²) >= 11 is 1.86. The molecule has 0 aliphatic carbocycles. The largest absolute Gasteiger partial charge is 0.456 e. The minimum atomic E-state index is 0.866. The molecule has 11 rings (SSSR count). The van der Waals surface area contributed by atoms with Crippen LogP contribution in [0.5, 0.6) is 0 Å². The Bertz CT molecular complexity index is 3200. The first-order chi connectivity index (χ1) is 27.3. The standard InChI is InChI=1S/C52H33NOS/c1-2-13-34(14-3-1)39-20-10-15-36-16-11-22-44(51(36)39)41-17-4-7-23-46(41)53(38-31-32-43-42-18-5-8-24-47(42)54-48(43)33-38)37-29-27-35(28-30-37)40-21-12-26-50-52(40)45-19-6-9-25-49(45)55-50/h1-33H. The number of anilines is 3. The van der Waals surface area contributed by atoms with Crippen LogP contribution < -0.4 is 4.90 Å². The third kappa shape index (κ3) is 5.24. The van der Waals surface area contributed by atoms with Gasteiger partial charge in [0.25, 0.3) is 0 Å². The molecule has 55 heavy (non-hydrogen) atoms. The van der Waals surface area contributed by atoms with Crippen LogP contribution in [0.25, 0.3) is 86.3 Å². The van der Waals surface area contributed by atoms with Gasteiger partial charge in [-0.05, 0) is 87.1 Å². The second kappa shape index (κ2) is 12.9.